The number of sulfonamides is 1. The maximum absolute atomic E-state index is 12.7. The fraction of sp³-hybridized carbons (Fsp3) is 0.417. The van der Waals surface area contributed by atoms with Gasteiger partial charge in [-0.1, -0.05) is 32.0 Å². The highest BCUT2D eigenvalue weighted by molar-refractivity contribution is 7.89. The molecular formula is C24H30N2O6S. The van der Waals surface area contributed by atoms with E-state index in [-0.39, 0.29) is 28.2 Å². The normalized spacial score (nSPS) is 15.4. The van der Waals surface area contributed by atoms with Crippen LogP contribution in [0.2, 0.25) is 0 Å². The van der Waals surface area contributed by atoms with Crippen LogP contribution < -0.4 is 14.8 Å². The first kappa shape index (κ1) is 24.7. The van der Waals surface area contributed by atoms with E-state index in [0.717, 1.165) is 24.8 Å². The van der Waals surface area contributed by atoms with Crippen LogP contribution in [-0.4, -0.2) is 39.5 Å². The van der Waals surface area contributed by atoms with Gasteiger partial charge in [-0.05, 0) is 61.9 Å². The van der Waals surface area contributed by atoms with E-state index in [1.165, 1.54) is 32.2 Å². The average Bonchev–Trinajstić information content (AvgIpc) is 3.61. The largest absolute Gasteiger partial charge is 0.495 e. The number of hydrogen-bond acceptors (Lipinski definition) is 6. The summed E-state index contributed by atoms with van der Waals surface area (Å²) in [5.41, 5.74) is 1.68. The number of methoxy groups -OCH3 is 1. The van der Waals surface area contributed by atoms with Crippen LogP contribution >= 0.6 is 0 Å². The van der Waals surface area contributed by atoms with Crippen LogP contribution in [0.15, 0.2) is 47.4 Å². The molecule has 9 heteroatoms. The fourth-order valence-corrected chi connectivity index (χ4v) is 4.77. The van der Waals surface area contributed by atoms with Gasteiger partial charge in [0.1, 0.15) is 10.6 Å². The number of nitrogens with one attached hydrogen (secondary N) is 2. The molecule has 8 nitrogen and oxygen atoms in total. The minimum atomic E-state index is -3.86. The van der Waals surface area contributed by atoms with E-state index in [4.69, 9.17) is 9.47 Å². The van der Waals surface area contributed by atoms with Crippen LogP contribution in [0.1, 0.15) is 61.9 Å². The summed E-state index contributed by atoms with van der Waals surface area (Å²) in [5, 5.41) is 2.82. The second-order valence-electron chi connectivity index (χ2n) is 8.19. The molecule has 0 bridgehead atoms. The summed E-state index contributed by atoms with van der Waals surface area (Å²) >= 11 is 0. The molecule has 33 heavy (non-hydrogen) atoms. The third-order valence-electron chi connectivity index (χ3n) is 5.60. The first-order valence-corrected chi connectivity index (χ1v) is 12.5. The minimum Gasteiger partial charge on any atom is -0.495 e. The lowest BCUT2D eigenvalue weighted by atomic mass is 9.97. The smallest absolute Gasteiger partial charge is 0.338 e. The zero-order chi connectivity index (χ0) is 24.2. The van der Waals surface area contributed by atoms with Gasteiger partial charge in [-0.3, -0.25) is 4.79 Å². The van der Waals surface area contributed by atoms with Gasteiger partial charge < -0.3 is 14.8 Å². The molecule has 3 rings (SSSR count). The molecule has 2 aromatic rings. The van der Waals surface area contributed by atoms with E-state index in [0.29, 0.717) is 5.69 Å². The van der Waals surface area contributed by atoms with Gasteiger partial charge in [0, 0.05) is 11.7 Å². The summed E-state index contributed by atoms with van der Waals surface area (Å²) in [6.45, 7) is 5.61. The Hall–Kier alpha value is -2.91. The predicted molar refractivity (Wildman–Crippen MR) is 125 cm³/mol. The Labute approximate surface area is 194 Å². The van der Waals surface area contributed by atoms with E-state index >= 15 is 0 Å². The number of anilines is 1. The predicted octanol–water partition coefficient (Wildman–Crippen LogP) is 3.83. The van der Waals surface area contributed by atoms with Crippen molar-refractivity contribution in [2.75, 3.05) is 12.4 Å². The van der Waals surface area contributed by atoms with Crippen molar-refractivity contribution in [3.63, 3.8) is 0 Å². The summed E-state index contributed by atoms with van der Waals surface area (Å²) in [5.74, 6) is -0.912. The van der Waals surface area contributed by atoms with Crippen molar-refractivity contribution in [3.8, 4) is 5.75 Å². The van der Waals surface area contributed by atoms with Crippen LogP contribution in [0, 0.1) is 0 Å². The minimum absolute atomic E-state index is 0.00614. The Balaban J connectivity index is 1.73. The Morgan fingerprint density at radius 1 is 1.12 bits per heavy atom. The molecule has 1 amide bonds. The number of carbonyl (C=O) groups excluding carboxylic acids is 2. The number of esters is 1. The summed E-state index contributed by atoms with van der Waals surface area (Å²) in [6, 6.07) is 11.4. The summed E-state index contributed by atoms with van der Waals surface area (Å²) < 4.78 is 38.4. The van der Waals surface area contributed by atoms with Gasteiger partial charge in [-0.2, -0.15) is 0 Å². The maximum Gasteiger partial charge on any atom is 0.338 e. The molecule has 0 saturated heterocycles. The number of para-hydroxylation sites is 1. The molecule has 0 heterocycles. The Kier molecular flexibility index (Phi) is 7.76. The number of carbonyl (C=O) groups is 2. The molecule has 2 aromatic carbocycles. The third kappa shape index (κ3) is 6.11. The molecule has 0 aliphatic heterocycles. The van der Waals surface area contributed by atoms with Crippen LogP contribution in [0.4, 0.5) is 5.69 Å². The second kappa shape index (κ2) is 10.4. The van der Waals surface area contributed by atoms with Gasteiger partial charge >= 0.3 is 5.97 Å². The van der Waals surface area contributed by atoms with Gasteiger partial charge in [-0.15, -0.1) is 0 Å². The van der Waals surface area contributed by atoms with E-state index in [2.05, 4.69) is 23.9 Å². The number of benzene rings is 2. The molecule has 1 saturated carbocycles. The number of hydrogen-bond donors (Lipinski definition) is 2. The third-order valence-corrected chi connectivity index (χ3v) is 7.14. The van der Waals surface area contributed by atoms with Gasteiger partial charge in [0.2, 0.25) is 10.0 Å². The van der Waals surface area contributed by atoms with E-state index in [9.17, 15) is 18.0 Å². The lowest BCUT2D eigenvalue weighted by Gasteiger charge is -2.18. The molecule has 0 radical (unpaired) electrons. The van der Waals surface area contributed by atoms with Crippen molar-refractivity contribution in [3.05, 3.63) is 53.6 Å². The average molecular weight is 475 g/mol. The Morgan fingerprint density at radius 2 is 1.82 bits per heavy atom. The number of amides is 1. The van der Waals surface area contributed by atoms with Crippen molar-refractivity contribution >= 4 is 27.6 Å². The standard InChI is InChI=1S/C24H30N2O6S/c1-5-15(2)19-8-6-7-9-20(19)25-23(27)16(3)32-24(28)17-10-13-21(31-4)22(14-17)33(29,30)26-18-11-12-18/h6-10,13-16,18,26H,5,11-12H2,1-4H3,(H,25,27). The van der Waals surface area contributed by atoms with Gasteiger partial charge in [-0.25, -0.2) is 17.9 Å². The lowest BCUT2D eigenvalue weighted by molar-refractivity contribution is -0.123. The van der Waals surface area contributed by atoms with E-state index < -0.39 is 28.0 Å². The molecule has 178 valence electrons. The number of rotatable bonds is 10. The van der Waals surface area contributed by atoms with Gasteiger partial charge in [0.05, 0.1) is 12.7 Å². The van der Waals surface area contributed by atoms with Gasteiger partial charge in [0.25, 0.3) is 5.91 Å². The van der Waals surface area contributed by atoms with Crippen molar-refractivity contribution in [1.82, 2.24) is 4.72 Å². The molecule has 2 N–H and O–H groups in total. The van der Waals surface area contributed by atoms with Crippen molar-refractivity contribution in [2.45, 2.75) is 63.0 Å². The van der Waals surface area contributed by atoms with Crippen molar-refractivity contribution in [2.24, 2.45) is 0 Å². The van der Waals surface area contributed by atoms with Crippen LogP contribution in [0.25, 0.3) is 0 Å². The summed E-state index contributed by atoms with van der Waals surface area (Å²) in [6.07, 6.45) is 1.37. The molecule has 0 aromatic heterocycles. The monoisotopic (exact) mass is 474 g/mol. The topological polar surface area (TPSA) is 111 Å². The second-order valence-corrected chi connectivity index (χ2v) is 9.88. The van der Waals surface area contributed by atoms with Crippen LogP contribution in [0.3, 0.4) is 0 Å². The summed E-state index contributed by atoms with van der Waals surface area (Å²) in [7, 11) is -2.50. The fourth-order valence-electron chi connectivity index (χ4n) is 3.27. The zero-order valence-corrected chi connectivity index (χ0v) is 20.1. The van der Waals surface area contributed by atoms with Crippen molar-refractivity contribution in [1.29, 1.82) is 0 Å². The molecule has 1 aliphatic carbocycles. The van der Waals surface area contributed by atoms with E-state index in [1.807, 2.05) is 18.2 Å². The molecule has 1 fully saturated rings. The van der Waals surface area contributed by atoms with E-state index in [1.54, 1.807) is 6.07 Å². The molecule has 0 spiro atoms. The Bertz CT molecular complexity index is 1130. The molecule has 2 atom stereocenters. The first-order valence-electron chi connectivity index (χ1n) is 11.0. The first-order chi connectivity index (χ1) is 15.7. The highest BCUT2D eigenvalue weighted by atomic mass is 32.2. The summed E-state index contributed by atoms with van der Waals surface area (Å²) in [4.78, 5) is 25.2. The number of ether oxygens (including phenoxy) is 2. The zero-order valence-electron chi connectivity index (χ0n) is 19.3. The molecular weight excluding hydrogens is 444 g/mol. The molecule has 1 aliphatic rings. The highest BCUT2D eigenvalue weighted by Gasteiger charge is 2.31. The SMILES string of the molecule is CCC(C)c1ccccc1NC(=O)C(C)OC(=O)c1ccc(OC)c(S(=O)(=O)NC2CC2)c1. The quantitative estimate of drug-likeness (QED) is 0.506. The molecule has 2 unspecified atom stereocenters. The van der Waals surface area contributed by atoms with Crippen molar-refractivity contribution < 1.29 is 27.5 Å². The Morgan fingerprint density at radius 3 is 2.45 bits per heavy atom. The van der Waals surface area contributed by atoms with Gasteiger partial charge in [0.15, 0.2) is 6.10 Å². The maximum atomic E-state index is 12.7. The highest BCUT2D eigenvalue weighted by Crippen LogP contribution is 2.29. The van der Waals surface area contributed by atoms with Crippen LogP contribution in [0.5, 0.6) is 5.75 Å². The lowest BCUT2D eigenvalue weighted by Crippen LogP contribution is -2.30. The van der Waals surface area contributed by atoms with Crippen LogP contribution in [-0.2, 0) is 19.6 Å².